The smallest absolute Gasteiger partial charge is 0.213 e. The van der Waals surface area contributed by atoms with Gasteiger partial charge in [0.05, 0.1) is 13.2 Å². The minimum atomic E-state index is -0.102. The predicted octanol–water partition coefficient (Wildman–Crippen LogP) is 4.76. The van der Waals surface area contributed by atoms with Crippen molar-refractivity contribution in [3.63, 3.8) is 0 Å². The van der Waals surface area contributed by atoms with E-state index in [1.54, 1.807) is 13.3 Å². The first kappa shape index (κ1) is 19.2. The van der Waals surface area contributed by atoms with Crippen LogP contribution in [0.1, 0.15) is 52.0 Å². The second-order valence-electron chi connectivity index (χ2n) is 8.79. The van der Waals surface area contributed by atoms with Crippen molar-refractivity contribution in [3.05, 3.63) is 29.2 Å². The maximum Gasteiger partial charge on any atom is 0.213 e. The van der Waals surface area contributed by atoms with Gasteiger partial charge in [-0.25, -0.2) is 4.98 Å². The summed E-state index contributed by atoms with van der Waals surface area (Å²) < 4.78 is 18.1. The van der Waals surface area contributed by atoms with Gasteiger partial charge in [0.2, 0.25) is 5.88 Å². The van der Waals surface area contributed by atoms with Crippen molar-refractivity contribution < 1.29 is 14.2 Å². The molecule has 0 radical (unpaired) electrons. The van der Waals surface area contributed by atoms with Crippen molar-refractivity contribution in [3.8, 4) is 5.88 Å². The van der Waals surface area contributed by atoms with E-state index >= 15 is 0 Å². The molecule has 2 aliphatic heterocycles. The summed E-state index contributed by atoms with van der Waals surface area (Å²) in [6.07, 6.45) is 6.86. The summed E-state index contributed by atoms with van der Waals surface area (Å²) in [5.41, 5.74) is 1.10. The molecule has 0 N–H and O–H groups in total. The Bertz CT molecular complexity index is 640. The molecule has 3 fully saturated rings. The molecule has 1 aromatic rings. The molecule has 1 saturated carbocycles. The summed E-state index contributed by atoms with van der Waals surface area (Å²) in [6.45, 7) is 7.55. The van der Waals surface area contributed by atoms with Crippen LogP contribution >= 0.6 is 0 Å². The third-order valence-corrected chi connectivity index (χ3v) is 7.12. The Labute approximate surface area is 163 Å². The van der Waals surface area contributed by atoms with Crippen LogP contribution in [0.4, 0.5) is 0 Å². The van der Waals surface area contributed by atoms with Crippen LogP contribution in [0.3, 0.4) is 0 Å². The van der Waals surface area contributed by atoms with E-state index in [4.69, 9.17) is 19.5 Å². The normalized spacial score (nSPS) is 41.5. The monoisotopic (exact) mass is 373 g/mol. The molecule has 5 heteroatoms. The topological polar surface area (TPSA) is 54.7 Å². The van der Waals surface area contributed by atoms with Gasteiger partial charge in [-0.3, -0.25) is 0 Å². The van der Waals surface area contributed by atoms with E-state index in [0.29, 0.717) is 30.2 Å². The Morgan fingerprint density at radius 2 is 1.93 bits per heavy atom. The SMILES string of the molecule is COc1cc(C[N-]C2O[C@@H]3OC(C)CC[C@@H]4C3[C@@H](CC[C@H]4C)[C@H]2C)ccn1. The van der Waals surface area contributed by atoms with Gasteiger partial charge in [0, 0.05) is 18.2 Å². The van der Waals surface area contributed by atoms with Gasteiger partial charge in [0.15, 0.2) is 6.29 Å². The molecule has 27 heavy (non-hydrogen) atoms. The highest BCUT2D eigenvalue weighted by molar-refractivity contribution is 5.22. The number of aromatic nitrogens is 1. The van der Waals surface area contributed by atoms with E-state index in [1.165, 1.54) is 19.3 Å². The highest BCUT2D eigenvalue weighted by Crippen LogP contribution is 2.52. The lowest BCUT2D eigenvalue weighted by Crippen LogP contribution is -2.52. The number of pyridine rings is 1. The first-order chi connectivity index (χ1) is 13.1. The van der Waals surface area contributed by atoms with Crippen LogP contribution in [0.25, 0.3) is 5.32 Å². The van der Waals surface area contributed by atoms with Crippen molar-refractivity contribution in [2.45, 2.75) is 71.6 Å². The molecule has 8 atom stereocenters. The second kappa shape index (κ2) is 8.06. The zero-order chi connectivity index (χ0) is 19.0. The van der Waals surface area contributed by atoms with Gasteiger partial charge in [-0.05, 0) is 62.2 Å². The van der Waals surface area contributed by atoms with Gasteiger partial charge in [-0.15, -0.1) is 6.54 Å². The Morgan fingerprint density at radius 3 is 2.74 bits per heavy atom. The first-order valence-corrected chi connectivity index (χ1v) is 10.5. The largest absolute Gasteiger partial charge is 0.632 e. The van der Waals surface area contributed by atoms with Crippen LogP contribution in [0, 0.1) is 29.6 Å². The fourth-order valence-electron chi connectivity index (χ4n) is 5.53. The lowest BCUT2D eigenvalue weighted by molar-refractivity contribution is -0.269. The van der Waals surface area contributed by atoms with Gasteiger partial charge < -0.3 is 19.5 Å². The van der Waals surface area contributed by atoms with Crippen molar-refractivity contribution in [1.82, 2.24) is 4.98 Å². The van der Waals surface area contributed by atoms with Crippen LogP contribution in [-0.2, 0) is 16.0 Å². The number of nitrogens with zero attached hydrogens (tertiary/aromatic N) is 2. The second-order valence-corrected chi connectivity index (χ2v) is 8.79. The third kappa shape index (κ3) is 3.87. The number of rotatable bonds is 4. The van der Waals surface area contributed by atoms with E-state index in [0.717, 1.165) is 23.8 Å². The molecule has 2 saturated heterocycles. The molecule has 150 valence electrons. The number of methoxy groups -OCH3 is 1. The van der Waals surface area contributed by atoms with Crippen molar-refractivity contribution in [2.24, 2.45) is 29.6 Å². The van der Waals surface area contributed by atoms with Crippen molar-refractivity contribution >= 4 is 0 Å². The minimum absolute atomic E-state index is 0.0998. The van der Waals surface area contributed by atoms with Crippen LogP contribution in [0.5, 0.6) is 5.88 Å². The number of hydrogen-bond donors (Lipinski definition) is 0. The molecular formula is C22H33N2O3-. The summed E-state index contributed by atoms with van der Waals surface area (Å²) in [6, 6.07) is 3.94. The Kier molecular flexibility index (Phi) is 5.72. The molecule has 0 amide bonds. The van der Waals surface area contributed by atoms with Crippen molar-refractivity contribution in [2.75, 3.05) is 7.11 Å². The van der Waals surface area contributed by atoms with Gasteiger partial charge in [-0.1, -0.05) is 25.8 Å². The molecule has 3 unspecified atom stereocenters. The Hall–Kier alpha value is -1.17. The predicted molar refractivity (Wildman–Crippen MR) is 104 cm³/mol. The minimum Gasteiger partial charge on any atom is -0.632 e. The maximum absolute atomic E-state index is 6.48. The van der Waals surface area contributed by atoms with E-state index in [9.17, 15) is 0 Å². The average Bonchev–Trinajstić information content (AvgIpc) is 2.84. The van der Waals surface area contributed by atoms with Gasteiger partial charge in [0.25, 0.3) is 0 Å². The lowest BCUT2D eigenvalue weighted by atomic mass is 9.61. The maximum atomic E-state index is 6.48. The highest BCUT2D eigenvalue weighted by Gasteiger charge is 2.50. The molecule has 0 aromatic carbocycles. The molecule has 0 bridgehead atoms. The molecule has 3 aliphatic rings. The molecule has 1 aliphatic carbocycles. The van der Waals surface area contributed by atoms with Crippen LogP contribution in [0.2, 0.25) is 0 Å². The summed E-state index contributed by atoms with van der Waals surface area (Å²) in [4.78, 5) is 4.17. The van der Waals surface area contributed by atoms with Gasteiger partial charge in [0.1, 0.15) is 0 Å². The van der Waals surface area contributed by atoms with Crippen LogP contribution in [-0.4, -0.2) is 30.7 Å². The zero-order valence-corrected chi connectivity index (χ0v) is 17.0. The summed E-state index contributed by atoms with van der Waals surface area (Å²) in [7, 11) is 1.64. The summed E-state index contributed by atoms with van der Waals surface area (Å²) >= 11 is 0. The fourth-order valence-corrected chi connectivity index (χ4v) is 5.53. The lowest BCUT2D eigenvalue weighted by Gasteiger charge is -2.56. The van der Waals surface area contributed by atoms with E-state index in [-0.39, 0.29) is 18.6 Å². The van der Waals surface area contributed by atoms with Gasteiger partial charge >= 0.3 is 0 Å². The first-order valence-electron chi connectivity index (χ1n) is 10.5. The van der Waals surface area contributed by atoms with E-state index < -0.39 is 0 Å². The fraction of sp³-hybridized carbons (Fsp3) is 0.773. The molecule has 3 heterocycles. The van der Waals surface area contributed by atoms with Crippen LogP contribution < -0.4 is 4.74 Å². The molecule has 5 nitrogen and oxygen atoms in total. The Balaban J connectivity index is 1.49. The molecular weight excluding hydrogens is 340 g/mol. The van der Waals surface area contributed by atoms with E-state index in [1.807, 2.05) is 12.1 Å². The zero-order valence-electron chi connectivity index (χ0n) is 17.0. The molecule has 0 spiro atoms. The standard InChI is InChI=1S/C22H33N2O3/c1-13-5-7-18-15(3)21(24-12-16-9-10-23-19(11-16)25-4)27-22-20(18)17(13)8-6-14(2)26-22/h9-11,13-15,17-18,20-22H,5-8,12H2,1-4H3/q-1/t13-,14?,15-,17+,18+,20?,21?,22+/m1/s1. The quantitative estimate of drug-likeness (QED) is 0.763. The van der Waals surface area contributed by atoms with Crippen molar-refractivity contribution in [1.29, 1.82) is 0 Å². The highest BCUT2D eigenvalue weighted by atomic mass is 16.7. The molecule has 4 rings (SSSR count). The van der Waals surface area contributed by atoms with Crippen LogP contribution in [0.15, 0.2) is 18.3 Å². The van der Waals surface area contributed by atoms with E-state index in [2.05, 4.69) is 25.8 Å². The van der Waals surface area contributed by atoms with Gasteiger partial charge in [-0.2, -0.15) is 0 Å². The Morgan fingerprint density at radius 1 is 1.11 bits per heavy atom. The molecule has 1 aromatic heterocycles. The number of hydrogen-bond acceptors (Lipinski definition) is 4. The summed E-state index contributed by atoms with van der Waals surface area (Å²) in [5.74, 6) is 3.74. The number of ether oxygens (including phenoxy) is 3. The average molecular weight is 374 g/mol. The summed E-state index contributed by atoms with van der Waals surface area (Å²) in [5, 5.41) is 4.94. The third-order valence-electron chi connectivity index (χ3n) is 7.12.